The molecule has 0 aromatic rings. The molecule has 20 heavy (non-hydrogen) atoms. The van der Waals surface area contributed by atoms with E-state index >= 15 is 0 Å². The van der Waals surface area contributed by atoms with Gasteiger partial charge in [0.05, 0.1) is 5.41 Å². The Kier molecular flexibility index (Phi) is 6.17. The van der Waals surface area contributed by atoms with Crippen LogP contribution in [0.2, 0.25) is 0 Å². The van der Waals surface area contributed by atoms with Crippen molar-refractivity contribution in [1.29, 1.82) is 0 Å². The number of carboxylic acids is 1. The number of hydrogen-bond donors (Lipinski definition) is 2. The Morgan fingerprint density at radius 1 is 1.55 bits per heavy atom. The molecule has 0 bridgehead atoms. The molecule has 0 saturated heterocycles. The highest BCUT2D eigenvalue weighted by atomic mass is 32.2. The summed E-state index contributed by atoms with van der Waals surface area (Å²) in [4.78, 5) is 25.3. The molecule has 1 rings (SSSR count). The molecule has 0 heterocycles. The van der Waals surface area contributed by atoms with Crippen LogP contribution in [0.1, 0.15) is 39.5 Å². The summed E-state index contributed by atoms with van der Waals surface area (Å²) in [7, 11) is 1.77. The van der Waals surface area contributed by atoms with Crippen molar-refractivity contribution < 1.29 is 14.7 Å². The first-order valence-electron chi connectivity index (χ1n) is 7.08. The molecule has 0 aromatic carbocycles. The van der Waals surface area contributed by atoms with Crippen LogP contribution in [0.25, 0.3) is 0 Å². The zero-order chi connectivity index (χ0) is 15.3. The first-order chi connectivity index (χ1) is 9.32. The number of hydrogen-bond acceptors (Lipinski definition) is 3. The third-order valence-corrected chi connectivity index (χ3v) is 5.11. The van der Waals surface area contributed by atoms with E-state index in [-0.39, 0.29) is 18.1 Å². The predicted molar refractivity (Wildman–Crippen MR) is 82.1 cm³/mol. The van der Waals surface area contributed by atoms with E-state index in [4.69, 9.17) is 0 Å². The van der Waals surface area contributed by atoms with Crippen molar-refractivity contribution in [3.05, 3.63) is 0 Å². The largest absolute Gasteiger partial charge is 0.481 e. The van der Waals surface area contributed by atoms with Crippen molar-refractivity contribution in [3.63, 3.8) is 0 Å². The maximum Gasteiger partial charge on any atom is 0.317 e. The van der Waals surface area contributed by atoms with Crippen LogP contribution in [0.3, 0.4) is 0 Å². The fraction of sp³-hybridized carbons (Fsp3) is 0.857. The van der Waals surface area contributed by atoms with E-state index in [1.54, 1.807) is 30.6 Å². The number of nitrogens with one attached hydrogen (secondary N) is 1. The number of carboxylic acid groups (broad SMARTS) is 1. The fourth-order valence-corrected chi connectivity index (χ4v) is 3.16. The standard InChI is InChI=1S/C14H26N2O3S/c1-10(7-9-20-4)16(3)13(19)15-11-6-5-8-14(11,2)12(17)18/h10-11H,5-9H2,1-4H3,(H,15,19)(H,17,18). The van der Waals surface area contributed by atoms with Gasteiger partial charge in [-0.25, -0.2) is 4.79 Å². The molecular weight excluding hydrogens is 276 g/mol. The molecular formula is C14H26N2O3S. The Balaban J connectivity index is 2.59. The number of amides is 2. The van der Waals surface area contributed by atoms with Gasteiger partial charge < -0.3 is 15.3 Å². The van der Waals surface area contributed by atoms with Gasteiger partial charge in [-0.05, 0) is 45.1 Å². The first kappa shape index (κ1) is 17.1. The Morgan fingerprint density at radius 2 is 2.20 bits per heavy atom. The lowest BCUT2D eigenvalue weighted by molar-refractivity contribution is -0.148. The van der Waals surface area contributed by atoms with Crippen LogP contribution in [0.15, 0.2) is 0 Å². The Labute approximate surface area is 125 Å². The van der Waals surface area contributed by atoms with Crippen molar-refractivity contribution >= 4 is 23.8 Å². The molecule has 3 unspecified atom stereocenters. The van der Waals surface area contributed by atoms with E-state index in [2.05, 4.69) is 5.32 Å². The van der Waals surface area contributed by atoms with E-state index in [1.807, 2.05) is 13.2 Å². The van der Waals surface area contributed by atoms with Crippen LogP contribution in [-0.4, -0.2) is 53.1 Å². The number of nitrogens with zero attached hydrogens (tertiary/aromatic N) is 1. The van der Waals surface area contributed by atoms with E-state index in [1.165, 1.54) is 0 Å². The normalized spacial score (nSPS) is 27.1. The highest BCUT2D eigenvalue weighted by Gasteiger charge is 2.46. The monoisotopic (exact) mass is 302 g/mol. The Bertz CT molecular complexity index is 364. The summed E-state index contributed by atoms with van der Waals surface area (Å²) in [5.41, 5.74) is -0.834. The molecule has 0 radical (unpaired) electrons. The minimum absolute atomic E-state index is 0.153. The molecule has 1 aliphatic rings. The number of carbonyl (C=O) groups excluding carboxylic acids is 1. The third kappa shape index (κ3) is 3.81. The number of rotatable bonds is 6. The zero-order valence-corrected chi connectivity index (χ0v) is 13.6. The molecule has 3 atom stereocenters. The van der Waals surface area contributed by atoms with Gasteiger partial charge in [0.25, 0.3) is 0 Å². The molecule has 2 amide bonds. The van der Waals surface area contributed by atoms with Gasteiger partial charge in [-0.2, -0.15) is 11.8 Å². The molecule has 5 nitrogen and oxygen atoms in total. The van der Waals surface area contributed by atoms with E-state index in [0.29, 0.717) is 6.42 Å². The molecule has 1 saturated carbocycles. The summed E-state index contributed by atoms with van der Waals surface area (Å²) in [6.07, 6.45) is 5.19. The van der Waals surface area contributed by atoms with Gasteiger partial charge in [0.1, 0.15) is 0 Å². The van der Waals surface area contributed by atoms with Crippen LogP contribution in [0.5, 0.6) is 0 Å². The third-order valence-electron chi connectivity index (χ3n) is 4.47. The van der Waals surface area contributed by atoms with Gasteiger partial charge in [0.2, 0.25) is 0 Å². The average Bonchev–Trinajstić information content (AvgIpc) is 2.77. The van der Waals surface area contributed by atoms with E-state index < -0.39 is 11.4 Å². The molecule has 1 aliphatic carbocycles. The molecule has 0 spiro atoms. The maximum absolute atomic E-state index is 12.2. The summed E-state index contributed by atoms with van der Waals surface area (Å²) >= 11 is 1.76. The van der Waals surface area contributed by atoms with Crippen molar-refractivity contribution in [2.24, 2.45) is 5.41 Å². The van der Waals surface area contributed by atoms with Crippen molar-refractivity contribution in [2.75, 3.05) is 19.1 Å². The second kappa shape index (κ2) is 7.20. The second-order valence-corrected chi connectivity index (χ2v) is 6.84. The number of urea groups is 1. The van der Waals surface area contributed by atoms with Crippen molar-refractivity contribution in [2.45, 2.75) is 51.6 Å². The summed E-state index contributed by atoms with van der Waals surface area (Å²) in [5, 5.41) is 12.3. The molecule has 0 aliphatic heterocycles. The minimum atomic E-state index is -0.834. The van der Waals surface area contributed by atoms with Gasteiger partial charge in [0, 0.05) is 19.1 Å². The summed E-state index contributed by atoms with van der Waals surface area (Å²) in [6, 6.07) is -0.291. The van der Waals surface area contributed by atoms with Gasteiger partial charge in [0.15, 0.2) is 0 Å². The minimum Gasteiger partial charge on any atom is -0.481 e. The number of carbonyl (C=O) groups is 2. The molecule has 0 aromatic heterocycles. The second-order valence-electron chi connectivity index (χ2n) is 5.86. The topological polar surface area (TPSA) is 69.6 Å². The van der Waals surface area contributed by atoms with Gasteiger partial charge in [-0.3, -0.25) is 4.79 Å². The van der Waals surface area contributed by atoms with E-state index in [0.717, 1.165) is 25.0 Å². The summed E-state index contributed by atoms with van der Waals surface area (Å²) in [5.74, 6) is 0.188. The highest BCUT2D eigenvalue weighted by Crippen LogP contribution is 2.38. The van der Waals surface area contributed by atoms with Gasteiger partial charge in [-0.1, -0.05) is 6.42 Å². The molecule has 2 N–H and O–H groups in total. The molecule has 1 fully saturated rings. The Hall–Kier alpha value is -0.910. The van der Waals surface area contributed by atoms with Crippen molar-refractivity contribution in [1.82, 2.24) is 10.2 Å². The molecule has 6 heteroatoms. The van der Waals surface area contributed by atoms with Gasteiger partial charge >= 0.3 is 12.0 Å². The van der Waals surface area contributed by atoms with Crippen LogP contribution < -0.4 is 5.32 Å². The number of thioether (sulfide) groups is 1. The van der Waals surface area contributed by atoms with Crippen LogP contribution in [-0.2, 0) is 4.79 Å². The average molecular weight is 302 g/mol. The highest BCUT2D eigenvalue weighted by molar-refractivity contribution is 7.98. The SMILES string of the molecule is CSCCC(C)N(C)C(=O)NC1CCCC1(C)C(=O)O. The lowest BCUT2D eigenvalue weighted by atomic mass is 9.85. The number of aliphatic carboxylic acids is 1. The van der Waals surface area contributed by atoms with Crippen LogP contribution in [0.4, 0.5) is 4.79 Å². The first-order valence-corrected chi connectivity index (χ1v) is 8.48. The zero-order valence-electron chi connectivity index (χ0n) is 12.8. The predicted octanol–water partition coefficient (Wildman–Crippen LogP) is 2.41. The summed E-state index contributed by atoms with van der Waals surface area (Å²) in [6.45, 7) is 3.74. The summed E-state index contributed by atoms with van der Waals surface area (Å²) < 4.78 is 0. The molecule has 116 valence electrons. The Morgan fingerprint density at radius 3 is 2.75 bits per heavy atom. The maximum atomic E-state index is 12.2. The lowest BCUT2D eigenvalue weighted by Gasteiger charge is -2.31. The van der Waals surface area contributed by atoms with E-state index in [9.17, 15) is 14.7 Å². The quantitative estimate of drug-likeness (QED) is 0.790. The lowest BCUT2D eigenvalue weighted by Crippen LogP contribution is -2.52. The smallest absolute Gasteiger partial charge is 0.317 e. The van der Waals surface area contributed by atoms with Crippen LogP contribution >= 0.6 is 11.8 Å². The van der Waals surface area contributed by atoms with Crippen LogP contribution in [0, 0.1) is 5.41 Å². The fourth-order valence-electron chi connectivity index (χ4n) is 2.59. The van der Waals surface area contributed by atoms with Gasteiger partial charge in [-0.15, -0.1) is 0 Å². The van der Waals surface area contributed by atoms with Crippen molar-refractivity contribution in [3.8, 4) is 0 Å².